The first-order chi connectivity index (χ1) is 23.9. The van der Waals surface area contributed by atoms with Crippen LogP contribution < -0.4 is 9.64 Å². The van der Waals surface area contributed by atoms with Gasteiger partial charge in [-0.1, -0.05) is 18.4 Å². The monoisotopic (exact) mass is 665 g/mol. The molecule has 3 aliphatic carbocycles. The van der Waals surface area contributed by atoms with E-state index in [1.165, 1.54) is 62.8 Å². The van der Waals surface area contributed by atoms with Gasteiger partial charge < -0.3 is 19.5 Å². The molecular formula is C39H41F2N5O3. The molecule has 2 aromatic heterocycles. The summed E-state index contributed by atoms with van der Waals surface area (Å²) in [6.45, 7) is 4.08. The molecule has 4 aromatic rings. The number of aromatic hydroxyl groups is 1. The molecule has 4 heterocycles. The number of fused-ring (bicyclic) bond motifs is 3. The van der Waals surface area contributed by atoms with Crippen molar-refractivity contribution < 1.29 is 23.4 Å². The Hall–Kier alpha value is -4.07. The lowest BCUT2D eigenvalue weighted by Crippen LogP contribution is -2.58. The summed E-state index contributed by atoms with van der Waals surface area (Å²) in [5, 5.41) is 11.8. The Balaban J connectivity index is 1.12. The van der Waals surface area contributed by atoms with E-state index in [9.17, 15) is 9.50 Å². The highest BCUT2D eigenvalue weighted by atomic mass is 19.1. The Bertz CT molecular complexity index is 2000. The molecule has 0 amide bonds. The first kappa shape index (κ1) is 30.9. The van der Waals surface area contributed by atoms with Gasteiger partial charge in [0.15, 0.2) is 5.82 Å². The van der Waals surface area contributed by atoms with E-state index in [1.54, 1.807) is 6.20 Å². The van der Waals surface area contributed by atoms with E-state index in [2.05, 4.69) is 20.7 Å². The van der Waals surface area contributed by atoms with Gasteiger partial charge >= 0.3 is 6.01 Å². The van der Waals surface area contributed by atoms with E-state index in [0.29, 0.717) is 72.4 Å². The average molecular weight is 666 g/mol. The molecule has 2 atom stereocenters. The molecule has 5 fully saturated rings. The summed E-state index contributed by atoms with van der Waals surface area (Å²) >= 11 is 0. The Labute approximate surface area is 284 Å². The number of hydrogen-bond donors (Lipinski definition) is 1. The zero-order valence-electron chi connectivity index (χ0n) is 27.7. The third-order valence-electron chi connectivity index (χ3n) is 12.2. The summed E-state index contributed by atoms with van der Waals surface area (Å²) in [5.41, 5.74) is 0.819. The quantitative estimate of drug-likeness (QED) is 0.221. The number of phenols is 1. The lowest BCUT2D eigenvalue weighted by molar-refractivity contribution is -0.0580. The summed E-state index contributed by atoms with van der Waals surface area (Å²) in [5.74, 6) is 1.52. The number of piperidine rings is 1. The number of nitrogens with zero attached hydrogens (tertiary/aromatic N) is 5. The predicted octanol–water partition coefficient (Wildman–Crippen LogP) is 6.99. The fourth-order valence-electron chi connectivity index (χ4n) is 9.57. The number of anilines is 1. The van der Waals surface area contributed by atoms with Gasteiger partial charge in [-0.25, -0.2) is 8.78 Å². The van der Waals surface area contributed by atoms with Gasteiger partial charge in [-0.3, -0.25) is 9.88 Å². The largest absolute Gasteiger partial charge is 0.508 e. The summed E-state index contributed by atoms with van der Waals surface area (Å²) in [6, 6.07) is 6.92. The number of terminal acetylenes is 1. The number of phenolic OH excluding ortho intramolecular Hbond substituents is 1. The second kappa shape index (κ2) is 11.8. The van der Waals surface area contributed by atoms with Gasteiger partial charge in [0, 0.05) is 54.3 Å². The molecule has 9 rings (SSSR count). The number of pyridine rings is 1. The van der Waals surface area contributed by atoms with Gasteiger partial charge in [0.2, 0.25) is 0 Å². The highest BCUT2D eigenvalue weighted by Gasteiger charge is 2.58. The van der Waals surface area contributed by atoms with Crippen LogP contribution in [0.3, 0.4) is 0 Å². The minimum absolute atomic E-state index is 0.0214. The van der Waals surface area contributed by atoms with Crippen molar-refractivity contribution >= 4 is 27.5 Å². The van der Waals surface area contributed by atoms with Gasteiger partial charge in [-0.2, -0.15) is 9.97 Å². The molecule has 1 N–H and O–H groups in total. The van der Waals surface area contributed by atoms with Crippen molar-refractivity contribution in [3.63, 3.8) is 0 Å². The zero-order chi connectivity index (χ0) is 33.3. The van der Waals surface area contributed by atoms with Gasteiger partial charge in [-0.05, 0) is 93.3 Å². The van der Waals surface area contributed by atoms with E-state index in [4.69, 9.17) is 25.9 Å². The summed E-state index contributed by atoms with van der Waals surface area (Å²) in [6.07, 6.45) is 19.3. The first-order valence-electron chi connectivity index (χ1n) is 17.9. The van der Waals surface area contributed by atoms with Crippen molar-refractivity contribution in [3.05, 3.63) is 47.7 Å². The Morgan fingerprint density at radius 3 is 2.71 bits per heavy atom. The molecule has 3 saturated carbocycles. The van der Waals surface area contributed by atoms with Crippen LogP contribution in [0.25, 0.3) is 32.9 Å². The fourth-order valence-corrected chi connectivity index (χ4v) is 9.57. The summed E-state index contributed by atoms with van der Waals surface area (Å²) in [7, 11) is 0. The van der Waals surface area contributed by atoms with Crippen LogP contribution in [0.4, 0.5) is 14.6 Å². The normalized spacial score (nSPS) is 25.2. The number of benzene rings is 2. The topological polar surface area (TPSA) is 83.8 Å². The summed E-state index contributed by atoms with van der Waals surface area (Å²) in [4.78, 5) is 19.1. The number of hydrogen-bond acceptors (Lipinski definition) is 8. The van der Waals surface area contributed by atoms with E-state index in [-0.39, 0.29) is 39.5 Å². The Morgan fingerprint density at radius 2 is 1.88 bits per heavy atom. The van der Waals surface area contributed by atoms with E-state index >= 15 is 4.39 Å². The molecule has 49 heavy (non-hydrogen) atoms. The summed E-state index contributed by atoms with van der Waals surface area (Å²) < 4.78 is 44.1. The molecule has 254 valence electrons. The second-order valence-corrected chi connectivity index (χ2v) is 15.1. The van der Waals surface area contributed by atoms with Crippen LogP contribution in [-0.4, -0.2) is 76.5 Å². The minimum Gasteiger partial charge on any atom is -0.508 e. The molecule has 0 radical (unpaired) electrons. The minimum atomic E-state index is -0.712. The SMILES string of the molecule is C#Cc1c(F)ccc2cc(O)cc(-c3ncc4c(N5CCCOCC5)nc(OCC56CCCC5N(C5CC7(CC7)C5)CCC6)nc4c3F)c12. The third kappa shape index (κ3) is 5.20. The van der Waals surface area contributed by atoms with Crippen molar-refractivity contribution in [1.82, 2.24) is 19.9 Å². The highest BCUT2D eigenvalue weighted by molar-refractivity contribution is 6.03. The molecule has 8 nitrogen and oxygen atoms in total. The second-order valence-electron chi connectivity index (χ2n) is 15.1. The average Bonchev–Trinajstić information content (AvgIpc) is 3.85. The molecule has 2 aliphatic heterocycles. The van der Waals surface area contributed by atoms with Crippen LogP contribution in [0.2, 0.25) is 0 Å². The van der Waals surface area contributed by atoms with Crippen molar-refractivity contribution in [3.8, 4) is 35.4 Å². The molecular weight excluding hydrogens is 624 g/mol. The molecule has 2 aromatic carbocycles. The van der Waals surface area contributed by atoms with Crippen molar-refractivity contribution in [2.24, 2.45) is 10.8 Å². The predicted molar refractivity (Wildman–Crippen MR) is 184 cm³/mol. The van der Waals surface area contributed by atoms with Crippen molar-refractivity contribution in [2.75, 3.05) is 44.4 Å². The fraction of sp³-hybridized carbons (Fsp3) is 0.513. The van der Waals surface area contributed by atoms with Gasteiger partial charge in [0.25, 0.3) is 0 Å². The lowest BCUT2D eigenvalue weighted by Gasteiger charge is -2.53. The number of ether oxygens (including phenoxy) is 2. The van der Waals surface area contributed by atoms with E-state index < -0.39 is 11.6 Å². The number of aromatic nitrogens is 3. The molecule has 0 bridgehead atoms. The van der Waals surface area contributed by atoms with Gasteiger partial charge in [0.05, 0.1) is 24.2 Å². The maximum atomic E-state index is 16.9. The van der Waals surface area contributed by atoms with Crippen LogP contribution in [-0.2, 0) is 4.74 Å². The lowest BCUT2D eigenvalue weighted by atomic mass is 9.70. The molecule has 10 heteroatoms. The van der Waals surface area contributed by atoms with E-state index in [0.717, 1.165) is 32.2 Å². The van der Waals surface area contributed by atoms with Crippen LogP contribution in [0, 0.1) is 34.8 Å². The highest BCUT2D eigenvalue weighted by Crippen LogP contribution is 2.63. The molecule has 5 aliphatic rings. The maximum Gasteiger partial charge on any atom is 0.319 e. The Morgan fingerprint density at radius 1 is 1.02 bits per heavy atom. The zero-order valence-corrected chi connectivity index (χ0v) is 27.7. The van der Waals surface area contributed by atoms with Crippen molar-refractivity contribution in [2.45, 2.75) is 76.3 Å². The van der Waals surface area contributed by atoms with Crippen LogP contribution in [0.1, 0.15) is 69.8 Å². The maximum absolute atomic E-state index is 16.9. The van der Waals surface area contributed by atoms with Gasteiger partial charge in [-0.15, -0.1) is 6.42 Å². The number of rotatable bonds is 6. The molecule has 2 unspecified atom stereocenters. The van der Waals surface area contributed by atoms with Gasteiger partial charge in [0.1, 0.15) is 28.6 Å². The first-order valence-corrected chi connectivity index (χ1v) is 17.9. The van der Waals surface area contributed by atoms with Crippen LogP contribution >= 0.6 is 0 Å². The van der Waals surface area contributed by atoms with Crippen molar-refractivity contribution in [1.29, 1.82) is 0 Å². The molecule has 2 saturated heterocycles. The van der Waals surface area contributed by atoms with E-state index in [1.807, 2.05) is 0 Å². The Kier molecular flexibility index (Phi) is 7.44. The van der Waals surface area contributed by atoms with Crippen LogP contribution in [0.5, 0.6) is 11.8 Å². The third-order valence-corrected chi connectivity index (χ3v) is 12.2. The molecule has 1 spiro atoms. The van der Waals surface area contributed by atoms with Crippen LogP contribution in [0.15, 0.2) is 30.5 Å². The smallest absolute Gasteiger partial charge is 0.319 e. The number of halogens is 2. The number of likely N-dealkylation sites (tertiary alicyclic amines) is 1. The standard InChI is InChI=1S/C39H41F2N5O3/c1-2-27-30(40)8-7-24-18-26(47)19-28(32(24)27)34-33(41)35-29(22-42-34)36(45-13-5-16-48-17-15-45)44-37(43-35)49-23-39-9-3-6-31(39)46(14-4-10-39)25-20-38(21-25)11-12-38/h1,7-8,18-19,22,25,31,47H,3-6,9-17,20-21,23H2.